The maximum Gasteiger partial charge on any atom is 0.267 e. The van der Waals surface area contributed by atoms with Crippen LogP contribution in [0.2, 0.25) is 0 Å². The van der Waals surface area contributed by atoms with Gasteiger partial charge in [0.25, 0.3) is 11.5 Å². The number of thiophene rings is 1. The molecule has 0 saturated heterocycles. The van der Waals surface area contributed by atoms with Crippen LogP contribution >= 0.6 is 11.3 Å². The third kappa shape index (κ3) is 3.06. The van der Waals surface area contributed by atoms with E-state index in [1.165, 1.54) is 18.5 Å². The number of hydrogen-bond acceptors (Lipinski definition) is 5. The fraction of sp³-hybridized carbons (Fsp3) is 0.167. The Labute approximate surface area is 147 Å². The van der Waals surface area contributed by atoms with E-state index in [9.17, 15) is 19.5 Å². The van der Waals surface area contributed by atoms with Crippen LogP contribution in [-0.2, 0) is 11.8 Å². The molecule has 0 unspecified atom stereocenters. The van der Waals surface area contributed by atoms with Gasteiger partial charge in [-0.25, -0.2) is 0 Å². The molecule has 2 heterocycles. The van der Waals surface area contributed by atoms with E-state index in [4.69, 9.17) is 0 Å². The SMILES string of the molecule is CC(=O)CNC(=O)c1c(O)c2cc(-c3cccs3)ccc2n(C)c1=O. The minimum absolute atomic E-state index is 0.200. The number of pyridine rings is 1. The fourth-order valence-corrected chi connectivity index (χ4v) is 3.35. The van der Waals surface area contributed by atoms with Crippen molar-refractivity contribution in [1.82, 2.24) is 9.88 Å². The Morgan fingerprint density at radius 2 is 2.04 bits per heavy atom. The lowest BCUT2D eigenvalue weighted by molar-refractivity contribution is -0.116. The number of carbonyl (C=O) groups is 2. The molecule has 2 aromatic heterocycles. The number of aryl methyl sites for hydroxylation is 1. The number of fused-ring (bicyclic) bond motifs is 1. The van der Waals surface area contributed by atoms with Crippen LogP contribution < -0.4 is 10.9 Å². The molecular weight excluding hydrogens is 340 g/mol. The summed E-state index contributed by atoms with van der Waals surface area (Å²) in [7, 11) is 1.54. The van der Waals surface area contributed by atoms with Gasteiger partial charge in [-0.15, -0.1) is 11.3 Å². The smallest absolute Gasteiger partial charge is 0.267 e. The lowest BCUT2D eigenvalue weighted by Gasteiger charge is -2.12. The molecule has 0 fully saturated rings. The van der Waals surface area contributed by atoms with E-state index in [1.54, 1.807) is 23.5 Å². The second-order valence-corrected chi connectivity index (χ2v) is 6.63. The van der Waals surface area contributed by atoms with Gasteiger partial charge in [-0.1, -0.05) is 12.1 Å². The van der Waals surface area contributed by atoms with Crippen molar-refractivity contribution >= 4 is 33.9 Å². The van der Waals surface area contributed by atoms with E-state index in [0.29, 0.717) is 10.9 Å². The van der Waals surface area contributed by atoms with Crippen molar-refractivity contribution in [3.8, 4) is 16.2 Å². The van der Waals surface area contributed by atoms with Crippen LogP contribution in [0.15, 0.2) is 40.5 Å². The molecule has 0 aliphatic heterocycles. The summed E-state index contributed by atoms with van der Waals surface area (Å²) in [6.07, 6.45) is 0. The highest BCUT2D eigenvalue weighted by Gasteiger charge is 2.21. The van der Waals surface area contributed by atoms with E-state index in [-0.39, 0.29) is 23.6 Å². The number of carbonyl (C=O) groups excluding carboxylic acids is 2. The average Bonchev–Trinajstić information content (AvgIpc) is 3.12. The Bertz CT molecular complexity index is 1040. The molecule has 3 rings (SSSR count). The fourth-order valence-electron chi connectivity index (χ4n) is 2.63. The zero-order valence-corrected chi connectivity index (χ0v) is 14.5. The largest absolute Gasteiger partial charge is 0.506 e. The Morgan fingerprint density at radius 3 is 2.68 bits per heavy atom. The minimum atomic E-state index is -0.767. The van der Waals surface area contributed by atoms with E-state index in [2.05, 4.69) is 5.32 Å². The number of amides is 1. The van der Waals surface area contributed by atoms with E-state index >= 15 is 0 Å². The Hall–Kier alpha value is -2.93. The van der Waals surface area contributed by atoms with Gasteiger partial charge >= 0.3 is 0 Å². The molecule has 6 nitrogen and oxygen atoms in total. The Kier molecular flexibility index (Phi) is 4.41. The molecule has 1 amide bonds. The number of hydrogen-bond donors (Lipinski definition) is 2. The molecule has 0 bridgehead atoms. The molecule has 25 heavy (non-hydrogen) atoms. The monoisotopic (exact) mass is 356 g/mol. The molecule has 0 aliphatic carbocycles. The Morgan fingerprint density at radius 1 is 1.28 bits per heavy atom. The molecule has 0 saturated carbocycles. The summed E-state index contributed by atoms with van der Waals surface area (Å²) in [5.41, 5.74) is 0.423. The summed E-state index contributed by atoms with van der Waals surface area (Å²) in [5.74, 6) is -1.39. The quantitative estimate of drug-likeness (QED) is 0.751. The zero-order valence-electron chi connectivity index (χ0n) is 13.7. The number of aromatic nitrogens is 1. The summed E-state index contributed by atoms with van der Waals surface area (Å²) in [6, 6.07) is 9.22. The van der Waals surface area contributed by atoms with Gasteiger partial charge in [-0.2, -0.15) is 0 Å². The van der Waals surface area contributed by atoms with Crippen molar-refractivity contribution in [2.45, 2.75) is 6.92 Å². The minimum Gasteiger partial charge on any atom is -0.506 e. The zero-order chi connectivity index (χ0) is 18.1. The summed E-state index contributed by atoms with van der Waals surface area (Å²) in [6.45, 7) is 1.13. The highest BCUT2D eigenvalue weighted by Crippen LogP contribution is 2.32. The van der Waals surface area contributed by atoms with Crippen LogP contribution in [-0.4, -0.2) is 27.9 Å². The average molecular weight is 356 g/mol. The van der Waals surface area contributed by atoms with Crippen molar-refractivity contribution in [2.75, 3.05) is 6.54 Å². The first-order valence-electron chi connectivity index (χ1n) is 7.57. The maximum absolute atomic E-state index is 12.5. The number of ketones is 1. The van der Waals surface area contributed by atoms with Crippen molar-refractivity contribution in [3.05, 3.63) is 51.6 Å². The number of rotatable bonds is 4. The molecule has 1 aromatic carbocycles. The van der Waals surface area contributed by atoms with E-state index in [0.717, 1.165) is 10.4 Å². The number of Topliss-reactive ketones (excluding diaryl/α,β-unsaturated/α-hetero) is 1. The predicted octanol–water partition coefficient (Wildman–Crippen LogP) is 2.29. The molecule has 0 atom stereocenters. The van der Waals surface area contributed by atoms with Gasteiger partial charge in [0.2, 0.25) is 0 Å². The van der Waals surface area contributed by atoms with Gasteiger partial charge < -0.3 is 15.0 Å². The van der Waals surface area contributed by atoms with Crippen molar-refractivity contribution in [1.29, 1.82) is 0 Å². The lowest BCUT2D eigenvalue weighted by atomic mass is 10.1. The van der Waals surface area contributed by atoms with Gasteiger partial charge in [0.15, 0.2) is 0 Å². The normalized spacial score (nSPS) is 10.8. The van der Waals surface area contributed by atoms with Crippen molar-refractivity contribution < 1.29 is 14.7 Å². The Balaban J connectivity index is 2.19. The maximum atomic E-state index is 12.5. The second-order valence-electron chi connectivity index (χ2n) is 5.68. The number of nitrogens with one attached hydrogen (secondary N) is 1. The molecule has 128 valence electrons. The second kappa shape index (κ2) is 6.52. The van der Waals surface area contributed by atoms with Crippen LogP contribution in [0, 0.1) is 0 Å². The number of aromatic hydroxyl groups is 1. The van der Waals surface area contributed by atoms with Crippen molar-refractivity contribution in [3.63, 3.8) is 0 Å². The van der Waals surface area contributed by atoms with Gasteiger partial charge in [0, 0.05) is 17.3 Å². The molecule has 7 heteroatoms. The van der Waals surface area contributed by atoms with Gasteiger partial charge in [-0.05, 0) is 36.1 Å². The summed E-state index contributed by atoms with van der Waals surface area (Å²) in [4.78, 5) is 36.8. The summed E-state index contributed by atoms with van der Waals surface area (Å²) in [5, 5.41) is 15.3. The molecule has 0 radical (unpaired) electrons. The van der Waals surface area contributed by atoms with E-state index < -0.39 is 11.5 Å². The predicted molar refractivity (Wildman–Crippen MR) is 97.2 cm³/mol. The molecule has 2 N–H and O–H groups in total. The third-order valence-corrected chi connectivity index (χ3v) is 4.82. The number of nitrogens with zero attached hydrogens (tertiary/aromatic N) is 1. The summed E-state index contributed by atoms with van der Waals surface area (Å²) >= 11 is 1.55. The molecule has 0 spiro atoms. The van der Waals surface area contributed by atoms with E-state index in [1.807, 2.05) is 23.6 Å². The van der Waals surface area contributed by atoms with Crippen LogP contribution in [0.5, 0.6) is 5.75 Å². The van der Waals surface area contributed by atoms with Crippen molar-refractivity contribution in [2.24, 2.45) is 7.05 Å². The standard InChI is InChI=1S/C18H16N2O4S/c1-10(21)9-19-17(23)15-16(22)12-8-11(14-4-3-7-25-14)5-6-13(12)20(2)18(15)24/h3-8,22H,9H2,1-2H3,(H,19,23). The van der Waals surface area contributed by atoms with Gasteiger partial charge in [0.1, 0.15) is 17.1 Å². The first-order chi connectivity index (χ1) is 11.9. The van der Waals surface area contributed by atoms with Crippen LogP contribution in [0.25, 0.3) is 21.3 Å². The van der Waals surface area contributed by atoms with Crippen LogP contribution in [0.1, 0.15) is 17.3 Å². The van der Waals surface area contributed by atoms with Gasteiger partial charge in [0.05, 0.1) is 12.1 Å². The first-order valence-corrected chi connectivity index (χ1v) is 8.45. The molecular formula is C18H16N2O4S. The van der Waals surface area contributed by atoms with Gasteiger partial charge in [-0.3, -0.25) is 14.4 Å². The highest BCUT2D eigenvalue weighted by atomic mass is 32.1. The summed E-state index contributed by atoms with van der Waals surface area (Å²) < 4.78 is 1.32. The number of benzene rings is 1. The van der Waals surface area contributed by atoms with Crippen LogP contribution in [0.3, 0.4) is 0 Å². The molecule has 0 aliphatic rings. The lowest BCUT2D eigenvalue weighted by Crippen LogP contribution is -2.34. The van der Waals surface area contributed by atoms with Crippen LogP contribution in [0.4, 0.5) is 0 Å². The first kappa shape index (κ1) is 16.9. The molecule has 3 aromatic rings. The topological polar surface area (TPSA) is 88.4 Å². The highest BCUT2D eigenvalue weighted by molar-refractivity contribution is 7.13. The third-order valence-electron chi connectivity index (χ3n) is 3.90.